The largest absolute Gasteiger partial charge is 0.399 e. The number of hydrogen-bond acceptors (Lipinski definition) is 2. The van der Waals surface area contributed by atoms with E-state index in [9.17, 15) is 4.39 Å². The van der Waals surface area contributed by atoms with Crippen LogP contribution in [-0.4, -0.2) is 9.97 Å². The molecule has 20 heavy (non-hydrogen) atoms. The van der Waals surface area contributed by atoms with Gasteiger partial charge >= 0.3 is 0 Å². The van der Waals surface area contributed by atoms with E-state index in [-0.39, 0.29) is 5.82 Å². The molecule has 0 amide bonds. The molecule has 0 saturated carbocycles. The van der Waals surface area contributed by atoms with Crippen LogP contribution in [0.4, 0.5) is 10.1 Å². The molecule has 0 aliphatic heterocycles. The summed E-state index contributed by atoms with van der Waals surface area (Å²) in [7, 11) is 0. The number of aryl methyl sites for hydroxylation is 1. The van der Waals surface area contributed by atoms with E-state index in [0.29, 0.717) is 5.56 Å². The number of nitrogens with one attached hydrogen (secondary N) is 1. The topological polar surface area (TPSA) is 54.7 Å². The molecule has 1 heterocycles. The highest BCUT2D eigenvalue weighted by Crippen LogP contribution is 2.24. The lowest BCUT2D eigenvalue weighted by Gasteiger charge is -2.01. The molecule has 3 aromatic rings. The van der Waals surface area contributed by atoms with Gasteiger partial charge in [0, 0.05) is 16.8 Å². The Balaban J connectivity index is 1.97. The molecular weight excluding hydrogens is 253 g/mol. The number of hydrogen-bond donors (Lipinski definition) is 2. The quantitative estimate of drug-likeness (QED) is 0.694. The van der Waals surface area contributed by atoms with Crippen molar-refractivity contribution in [1.29, 1.82) is 0 Å². The molecule has 3 N–H and O–H groups in total. The van der Waals surface area contributed by atoms with E-state index in [0.717, 1.165) is 28.3 Å². The predicted octanol–water partition coefficient (Wildman–Crippen LogP) is 3.77. The second kappa shape index (κ2) is 4.81. The summed E-state index contributed by atoms with van der Waals surface area (Å²) >= 11 is 0. The molecule has 0 radical (unpaired) electrons. The van der Waals surface area contributed by atoms with Crippen molar-refractivity contribution < 1.29 is 4.39 Å². The predicted molar refractivity (Wildman–Crippen MR) is 78.6 cm³/mol. The van der Waals surface area contributed by atoms with Gasteiger partial charge in [-0.2, -0.15) is 0 Å². The molecule has 100 valence electrons. The van der Waals surface area contributed by atoms with Crippen molar-refractivity contribution in [3.05, 3.63) is 60.0 Å². The number of nitrogen functional groups attached to an aromatic ring is 1. The van der Waals surface area contributed by atoms with Gasteiger partial charge in [-0.1, -0.05) is 0 Å². The maximum atomic E-state index is 13.3. The number of aromatic amines is 1. The molecule has 3 rings (SSSR count). The average molecular weight is 267 g/mol. The summed E-state index contributed by atoms with van der Waals surface area (Å²) < 4.78 is 13.3. The number of benzene rings is 2. The minimum Gasteiger partial charge on any atom is -0.399 e. The Morgan fingerprint density at radius 1 is 1.05 bits per heavy atom. The number of anilines is 1. The standard InChI is InChI=1S/C16H14FN3/c1-10-8-12(4-7-14(10)17)15-9-19-16(20-15)11-2-5-13(18)6-3-11/h2-9H,18H2,1H3,(H,19,20). The zero-order chi connectivity index (χ0) is 14.1. The molecule has 0 aliphatic rings. The Morgan fingerprint density at radius 2 is 1.75 bits per heavy atom. The lowest BCUT2D eigenvalue weighted by molar-refractivity contribution is 0.619. The molecule has 0 bridgehead atoms. The van der Waals surface area contributed by atoms with Gasteiger partial charge in [-0.3, -0.25) is 0 Å². The van der Waals surface area contributed by atoms with E-state index in [1.807, 2.05) is 24.3 Å². The zero-order valence-electron chi connectivity index (χ0n) is 11.0. The number of rotatable bonds is 2. The van der Waals surface area contributed by atoms with Crippen molar-refractivity contribution in [3.63, 3.8) is 0 Å². The summed E-state index contributed by atoms with van der Waals surface area (Å²) in [4.78, 5) is 7.59. The molecule has 0 fully saturated rings. The average Bonchev–Trinajstić information content (AvgIpc) is 2.92. The highest BCUT2D eigenvalue weighted by atomic mass is 19.1. The summed E-state index contributed by atoms with van der Waals surface area (Å²) in [6.07, 6.45) is 1.75. The third-order valence-corrected chi connectivity index (χ3v) is 3.23. The van der Waals surface area contributed by atoms with Crippen molar-refractivity contribution in [2.75, 3.05) is 5.73 Å². The molecule has 0 atom stereocenters. The van der Waals surface area contributed by atoms with Crippen LogP contribution < -0.4 is 5.73 Å². The van der Waals surface area contributed by atoms with Crippen molar-refractivity contribution in [1.82, 2.24) is 9.97 Å². The molecule has 0 unspecified atom stereocenters. The zero-order valence-corrected chi connectivity index (χ0v) is 11.0. The molecule has 1 aromatic heterocycles. The molecule has 3 nitrogen and oxygen atoms in total. The summed E-state index contributed by atoms with van der Waals surface area (Å²) in [5, 5.41) is 0. The molecular formula is C16H14FN3. The fraction of sp³-hybridized carbons (Fsp3) is 0.0625. The normalized spacial score (nSPS) is 10.7. The number of nitrogens with zero attached hydrogens (tertiary/aromatic N) is 1. The van der Waals surface area contributed by atoms with Crippen LogP contribution >= 0.6 is 0 Å². The molecule has 0 saturated heterocycles. The van der Waals surface area contributed by atoms with Crippen molar-refractivity contribution >= 4 is 5.69 Å². The third-order valence-electron chi connectivity index (χ3n) is 3.23. The first-order valence-electron chi connectivity index (χ1n) is 6.31. The second-order valence-electron chi connectivity index (χ2n) is 4.73. The van der Waals surface area contributed by atoms with Gasteiger partial charge in [-0.15, -0.1) is 0 Å². The Morgan fingerprint density at radius 3 is 2.45 bits per heavy atom. The summed E-state index contributed by atoms with van der Waals surface area (Å²) in [6, 6.07) is 12.5. The van der Waals surface area contributed by atoms with E-state index >= 15 is 0 Å². The van der Waals surface area contributed by atoms with E-state index in [1.165, 1.54) is 6.07 Å². The Labute approximate surface area is 116 Å². The minimum atomic E-state index is -0.202. The maximum Gasteiger partial charge on any atom is 0.137 e. The first-order valence-corrected chi connectivity index (χ1v) is 6.31. The Kier molecular flexibility index (Phi) is 2.99. The first-order chi connectivity index (χ1) is 9.63. The van der Waals surface area contributed by atoms with Crippen LogP contribution in [0, 0.1) is 12.7 Å². The molecule has 0 spiro atoms. The Hall–Kier alpha value is -2.62. The smallest absolute Gasteiger partial charge is 0.137 e. The number of imidazole rings is 1. The highest BCUT2D eigenvalue weighted by molar-refractivity contribution is 5.65. The fourth-order valence-corrected chi connectivity index (χ4v) is 2.07. The van der Waals surface area contributed by atoms with Gasteiger partial charge in [0.05, 0.1) is 11.9 Å². The first kappa shape index (κ1) is 12.4. The van der Waals surface area contributed by atoms with Crippen LogP contribution in [0.5, 0.6) is 0 Å². The van der Waals surface area contributed by atoms with Crippen LogP contribution in [0.2, 0.25) is 0 Å². The SMILES string of the molecule is Cc1cc(-c2cnc(-c3ccc(N)cc3)[nH]2)ccc1F. The number of H-pyrrole nitrogens is 1. The minimum absolute atomic E-state index is 0.202. The van der Waals surface area contributed by atoms with Gasteiger partial charge in [0.25, 0.3) is 0 Å². The Bertz CT molecular complexity index is 745. The number of aromatic nitrogens is 2. The molecule has 4 heteroatoms. The van der Waals surface area contributed by atoms with E-state index < -0.39 is 0 Å². The summed E-state index contributed by atoms with van der Waals surface area (Å²) in [6.45, 7) is 1.75. The van der Waals surface area contributed by atoms with Crippen LogP contribution in [0.3, 0.4) is 0 Å². The van der Waals surface area contributed by atoms with Crippen LogP contribution in [0.25, 0.3) is 22.6 Å². The number of halogens is 1. The fourth-order valence-electron chi connectivity index (χ4n) is 2.07. The van der Waals surface area contributed by atoms with Crippen molar-refractivity contribution in [3.8, 4) is 22.6 Å². The highest BCUT2D eigenvalue weighted by Gasteiger charge is 2.07. The molecule has 0 aliphatic carbocycles. The van der Waals surface area contributed by atoms with E-state index in [2.05, 4.69) is 9.97 Å². The van der Waals surface area contributed by atoms with Gasteiger partial charge < -0.3 is 10.7 Å². The summed E-state index contributed by atoms with van der Waals surface area (Å²) in [5.41, 5.74) is 9.74. The van der Waals surface area contributed by atoms with Crippen LogP contribution in [-0.2, 0) is 0 Å². The monoisotopic (exact) mass is 267 g/mol. The summed E-state index contributed by atoms with van der Waals surface area (Å²) in [5.74, 6) is 0.564. The van der Waals surface area contributed by atoms with Crippen LogP contribution in [0.15, 0.2) is 48.7 Å². The van der Waals surface area contributed by atoms with Crippen LogP contribution in [0.1, 0.15) is 5.56 Å². The number of nitrogens with two attached hydrogens (primary N) is 1. The third kappa shape index (κ3) is 2.28. The van der Waals surface area contributed by atoms with E-state index in [4.69, 9.17) is 5.73 Å². The van der Waals surface area contributed by atoms with Gasteiger partial charge in [0.2, 0.25) is 0 Å². The van der Waals surface area contributed by atoms with E-state index in [1.54, 1.807) is 25.3 Å². The maximum absolute atomic E-state index is 13.3. The van der Waals surface area contributed by atoms with Gasteiger partial charge in [-0.05, 0) is 55.0 Å². The van der Waals surface area contributed by atoms with Gasteiger partial charge in [0.1, 0.15) is 11.6 Å². The van der Waals surface area contributed by atoms with Crippen molar-refractivity contribution in [2.45, 2.75) is 6.92 Å². The lowest BCUT2D eigenvalue weighted by Crippen LogP contribution is -1.86. The second-order valence-corrected chi connectivity index (χ2v) is 4.73. The molecule has 2 aromatic carbocycles. The van der Waals surface area contributed by atoms with Crippen molar-refractivity contribution in [2.24, 2.45) is 0 Å². The van der Waals surface area contributed by atoms with Gasteiger partial charge in [0.15, 0.2) is 0 Å². The van der Waals surface area contributed by atoms with Gasteiger partial charge in [-0.25, -0.2) is 9.37 Å². The lowest BCUT2D eigenvalue weighted by atomic mass is 10.1.